The van der Waals surface area contributed by atoms with Crippen molar-refractivity contribution in [2.75, 3.05) is 42.9 Å². The molecule has 1 atom stereocenters. The number of amides is 1. The number of nitrogens with one attached hydrogen (secondary N) is 1. The summed E-state index contributed by atoms with van der Waals surface area (Å²) < 4.78 is 0. The number of para-hydroxylation sites is 1. The molecule has 0 saturated carbocycles. The summed E-state index contributed by atoms with van der Waals surface area (Å²) in [5.41, 5.74) is 4.98. The number of benzene rings is 1. The number of aromatic nitrogens is 1. The van der Waals surface area contributed by atoms with E-state index in [1.165, 1.54) is 16.9 Å². The fraction of sp³-hybridized carbons (Fsp3) is 0.417. The molecule has 1 unspecified atom stereocenters. The van der Waals surface area contributed by atoms with Crippen LogP contribution < -0.4 is 10.2 Å². The number of pyridine rings is 1. The van der Waals surface area contributed by atoms with Crippen molar-refractivity contribution in [2.45, 2.75) is 25.7 Å². The summed E-state index contributed by atoms with van der Waals surface area (Å²) in [7, 11) is 0. The zero-order valence-electron chi connectivity index (χ0n) is 16.8. The lowest BCUT2D eigenvalue weighted by molar-refractivity contribution is -0.127. The van der Waals surface area contributed by atoms with Crippen LogP contribution in [-0.2, 0) is 11.2 Å². The Morgan fingerprint density at radius 1 is 1.00 bits per heavy atom. The van der Waals surface area contributed by atoms with E-state index < -0.39 is 0 Å². The van der Waals surface area contributed by atoms with Crippen molar-refractivity contribution in [2.24, 2.45) is 5.41 Å². The van der Waals surface area contributed by atoms with Gasteiger partial charge in [0.25, 0.3) is 0 Å². The molecule has 0 radical (unpaired) electrons. The Balaban J connectivity index is 1.27. The number of anilines is 2. The topological polar surface area (TPSA) is 48.5 Å². The van der Waals surface area contributed by atoms with Crippen LogP contribution >= 0.6 is 0 Å². The van der Waals surface area contributed by atoms with E-state index in [4.69, 9.17) is 0 Å². The maximum absolute atomic E-state index is 13.2. The number of allylic oxidation sites excluding steroid dienone is 1. The number of carbonyl (C=O) groups is 1. The summed E-state index contributed by atoms with van der Waals surface area (Å²) in [5.74, 6) is 0.252. The fourth-order valence-corrected chi connectivity index (χ4v) is 5.09. The Hall–Kier alpha value is -2.82. The van der Waals surface area contributed by atoms with E-state index in [0.717, 1.165) is 64.0 Å². The second-order valence-corrected chi connectivity index (χ2v) is 8.53. The monoisotopic (exact) mass is 388 g/mol. The normalized spacial score (nSPS) is 23.9. The highest BCUT2D eigenvalue weighted by Crippen LogP contribution is 2.45. The van der Waals surface area contributed by atoms with Crippen LogP contribution in [-0.4, -0.2) is 48.5 Å². The molecule has 1 spiro atoms. The van der Waals surface area contributed by atoms with Gasteiger partial charge in [0, 0.05) is 62.1 Å². The van der Waals surface area contributed by atoms with Gasteiger partial charge < -0.3 is 15.1 Å². The number of piperazine rings is 1. The molecule has 150 valence electrons. The molecule has 1 aromatic heterocycles. The van der Waals surface area contributed by atoms with Crippen molar-refractivity contribution in [1.29, 1.82) is 0 Å². The molecule has 1 saturated heterocycles. The zero-order chi connectivity index (χ0) is 19.7. The largest absolute Gasteiger partial charge is 0.385 e. The molecule has 5 heteroatoms. The van der Waals surface area contributed by atoms with Crippen molar-refractivity contribution >= 4 is 17.3 Å². The van der Waals surface area contributed by atoms with Crippen molar-refractivity contribution < 1.29 is 4.79 Å². The molecule has 1 fully saturated rings. The SMILES string of the molecule is O=C(C1=CC2(CCNc3ccccc3C2)CC1)N1CCN(c2ccncc2)CC1. The van der Waals surface area contributed by atoms with Crippen LogP contribution in [0.1, 0.15) is 24.8 Å². The van der Waals surface area contributed by atoms with Crippen molar-refractivity contribution in [3.8, 4) is 0 Å². The van der Waals surface area contributed by atoms with Crippen molar-refractivity contribution in [3.63, 3.8) is 0 Å². The van der Waals surface area contributed by atoms with E-state index in [9.17, 15) is 4.79 Å². The van der Waals surface area contributed by atoms with Gasteiger partial charge in [0.05, 0.1) is 0 Å². The Labute approximate surface area is 172 Å². The standard InChI is InChI=1S/C24H28N4O/c29-23(28-15-13-27(14-16-28)21-6-10-25-11-7-21)20-5-8-24(18-20)9-12-26-22-4-2-1-3-19(22)17-24/h1-4,6-7,10-11,18,26H,5,8-9,12-17H2. The molecule has 3 aliphatic rings. The highest BCUT2D eigenvalue weighted by Gasteiger charge is 2.38. The van der Waals surface area contributed by atoms with Gasteiger partial charge in [-0.05, 0) is 54.9 Å². The lowest BCUT2D eigenvalue weighted by Crippen LogP contribution is -2.49. The summed E-state index contributed by atoms with van der Waals surface area (Å²) in [6.07, 6.45) is 10.1. The van der Waals surface area contributed by atoms with Gasteiger partial charge >= 0.3 is 0 Å². The molecule has 2 aliphatic heterocycles. The van der Waals surface area contributed by atoms with Gasteiger partial charge in [-0.2, -0.15) is 0 Å². The van der Waals surface area contributed by atoms with Crippen LogP contribution in [0.4, 0.5) is 11.4 Å². The Bertz CT molecular complexity index is 917. The lowest BCUT2D eigenvalue weighted by atomic mass is 9.79. The Morgan fingerprint density at radius 2 is 1.79 bits per heavy atom. The number of fused-ring (bicyclic) bond motifs is 1. The molecule has 29 heavy (non-hydrogen) atoms. The maximum atomic E-state index is 13.2. The van der Waals surface area contributed by atoms with Crippen molar-refractivity contribution in [1.82, 2.24) is 9.88 Å². The first-order valence-electron chi connectivity index (χ1n) is 10.7. The maximum Gasteiger partial charge on any atom is 0.249 e. The zero-order valence-corrected chi connectivity index (χ0v) is 16.8. The van der Waals surface area contributed by atoms with Gasteiger partial charge in [0.2, 0.25) is 5.91 Å². The van der Waals surface area contributed by atoms with Gasteiger partial charge in [0.15, 0.2) is 0 Å². The Kier molecular flexibility index (Phi) is 4.74. The minimum Gasteiger partial charge on any atom is -0.385 e. The first-order valence-corrected chi connectivity index (χ1v) is 10.7. The molecule has 5 rings (SSSR count). The van der Waals surface area contributed by atoms with E-state index in [2.05, 4.69) is 45.5 Å². The Morgan fingerprint density at radius 3 is 2.62 bits per heavy atom. The van der Waals surface area contributed by atoms with Crippen LogP contribution in [0.3, 0.4) is 0 Å². The smallest absolute Gasteiger partial charge is 0.249 e. The van der Waals surface area contributed by atoms with Gasteiger partial charge in [0.1, 0.15) is 0 Å². The number of rotatable bonds is 2. The molecule has 1 aliphatic carbocycles. The molecule has 1 aromatic carbocycles. The number of nitrogens with zero attached hydrogens (tertiary/aromatic N) is 3. The van der Waals surface area contributed by atoms with E-state index in [1.807, 2.05) is 29.4 Å². The molecule has 1 N–H and O–H groups in total. The van der Waals surface area contributed by atoms with Gasteiger partial charge in [-0.15, -0.1) is 0 Å². The number of hydrogen-bond donors (Lipinski definition) is 1. The van der Waals surface area contributed by atoms with E-state index in [0.29, 0.717) is 0 Å². The van der Waals surface area contributed by atoms with Crippen LogP contribution in [0.2, 0.25) is 0 Å². The third kappa shape index (κ3) is 3.61. The fourth-order valence-electron chi connectivity index (χ4n) is 5.09. The first kappa shape index (κ1) is 18.2. The lowest BCUT2D eigenvalue weighted by Gasteiger charge is -2.36. The second-order valence-electron chi connectivity index (χ2n) is 8.53. The van der Waals surface area contributed by atoms with Gasteiger partial charge in [-0.1, -0.05) is 24.3 Å². The predicted molar refractivity (Wildman–Crippen MR) is 116 cm³/mol. The van der Waals surface area contributed by atoms with E-state index in [-0.39, 0.29) is 11.3 Å². The molecule has 3 heterocycles. The van der Waals surface area contributed by atoms with Crippen LogP contribution in [0.15, 0.2) is 60.4 Å². The third-order valence-electron chi connectivity index (χ3n) is 6.74. The second kappa shape index (κ2) is 7.54. The highest BCUT2D eigenvalue weighted by atomic mass is 16.2. The molecule has 0 bridgehead atoms. The summed E-state index contributed by atoms with van der Waals surface area (Å²) in [4.78, 5) is 21.7. The summed E-state index contributed by atoms with van der Waals surface area (Å²) >= 11 is 0. The first-order chi connectivity index (χ1) is 14.2. The molecule has 2 aromatic rings. The highest BCUT2D eigenvalue weighted by molar-refractivity contribution is 5.94. The molecular weight excluding hydrogens is 360 g/mol. The van der Waals surface area contributed by atoms with Crippen LogP contribution in [0, 0.1) is 5.41 Å². The molecular formula is C24H28N4O. The van der Waals surface area contributed by atoms with Gasteiger partial charge in [-0.3, -0.25) is 9.78 Å². The molecule has 1 amide bonds. The minimum atomic E-state index is 0.128. The third-order valence-corrected chi connectivity index (χ3v) is 6.74. The number of carbonyl (C=O) groups excluding carboxylic acids is 1. The van der Waals surface area contributed by atoms with Crippen molar-refractivity contribution in [3.05, 3.63) is 66.0 Å². The van der Waals surface area contributed by atoms with Gasteiger partial charge in [-0.25, -0.2) is 0 Å². The number of hydrogen-bond acceptors (Lipinski definition) is 4. The van der Waals surface area contributed by atoms with Crippen LogP contribution in [0.5, 0.6) is 0 Å². The van der Waals surface area contributed by atoms with Crippen LogP contribution in [0.25, 0.3) is 0 Å². The predicted octanol–water partition coefficient (Wildman–Crippen LogP) is 3.50. The van der Waals surface area contributed by atoms with E-state index >= 15 is 0 Å². The average Bonchev–Trinajstić information content (AvgIpc) is 3.09. The summed E-state index contributed by atoms with van der Waals surface area (Å²) in [5, 5.41) is 3.57. The van der Waals surface area contributed by atoms with E-state index in [1.54, 1.807) is 0 Å². The summed E-state index contributed by atoms with van der Waals surface area (Å²) in [6.45, 7) is 4.31. The minimum absolute atomic E-state index is 0.128. The summed E-state index contributed by atoms with van der Waals surface area (Å²) in [6, 6.07) is 12.7. The quantitative estimate of drug-likeness (QED) is 0.856. The average molecular weight is 389 g/mol. The molecule has 5 nitrogen and oxygen atoms in total.